The van der Waals surface area contributed by atoms with Gasteiger partial charge in [-0.2, -0.15) is 0 Å². The molecule has 12 heteroatoms. The Labute approximate surface area is 201 Å². The first kappa shape index (κ1) is 24.5. The number of aliphatic hydroxyl groups is 1. The Morgan fingerprint density at radius 3 is 2.23 bits per heavy atom. The van der Waals surface area contributed by atoms with Gasteiger partial charge in [0.1, 0.15) is 6.10 Å². The Kier molecular flexibility index (Phi) is 7.22. The number of benzene rings is 1. The van der Waals surface area contributed by atoms with Crippen LogP contribution >= 0.6 is 0 Å². The molecule has 1 saturated heterocycles. The van der Waals surface area contributed by atoms with Gasteiger partial charge in [-0.25, -0.2) is 0 Å². The maximum absolute atomic E-state index is 12.0. The van der Waals surface area contributed by atoms with Crippen LogP contribution in [0.1, 0.15) is 33.4 Å². The van der Waals surface area contributed by atoms with Crippen molar-refractivity contribution in [2.75, 3.05) is 6.61 Å². The minimum atomic E-state index is -1.99. The minimum Gasteiger partial charge on any atom is -0.481 e. The second-order valence-electron chi connectivity index (χ2n) is 8.11. The van der Waals surface area contributed by atoms with Crippen molar-refractivity contribution in [1.82, 2.24) is 4.98 Å². The molecule has 1 aromatic carbocycles. The number of esters is 3. The molecule has 3 rings (SSSR count). The third kappa shape index (κ3) is 5.72. The number of aliphatic carboxylic acids is 1. The number of fused-ring (bicyclic) bond motifs is 1. The van der Waals surface area contributed by atoms with E-state index >= 15 is 0 Å². The number of aliphatic hydroxyl groups excluding tert-OH is 1. The Morgan fingerprint density at radius 2 is 1.66 bits per heavy atom. The number of hydrogen-bond donors (Lipinski definition) is 3. The van der Waals surface area contributed by atoms with E-state index < -0.39 is 67.1 Å². The number of carboxylic acids is 1. The lowest BCUT2D eigenvalue weighted by atomic mass is 9.92. The largest absolute Gasteiger partial charge is 0.481 e. The summed E-state index contributed by atoms with van der Waals surface area (Å²) in [6.07, 6.45) is -6.24. The van der Waals surface area contributed by atoms with Gasteiger partial charge in [0.2, 0.25) is 11.9 Å². The van der Waals surface area contributed by atoms with Crippen molar-refractivity contribution in [2.45, 2.75) is 64.3 Å². The third-order valence-electron chi connectivity index (χ3n) is 5.26. The van der Waals surface area contributed by atoms with Crippen LogP contribution in [-0.4, -0.2) is 75.9 Å². The Balaban J connectivity index is 2.19. The summed E-state index contributed by atoms with van der Waals surface area (Å²) in [4.78, 5) is 48.2. The Hall–Kier alpha value is -3.64. The molecule has 5 atom stereocenters. The first-order chi connectivity index (χ1) is 16.9. The van der Waals surface area contributed by atoms with Crippen LogP contribution in [0.2, 0.25) is 1.41 Å². The Morgan fingerprint density at radius 1 is 1.06 bits per heavy atom. The molecule has 1 aliphatic rings. The molecule has 0 amide bonds. The van der Waals surface area contributed by atoms with Gasteiger partial charge in [-0.15, -0.1) is 0 Å². The fourth-order valence-electron chi connectivity index (χ4n) is 4.04. The van der Waals surface area contributed by atoms with Gasteiger partial charge in [-0.3, -0.25) is 19.2 Å². The zero-order chi connectivity index (χ0) is 26.8. The molecule has 1 aromatic heterocycles. The number of aromatic amines is 1. The zero-order valence-electron chi connectivity index (χ0n) is 20.5. The first-order valence-corrected chi connectivity index (χ1v) is 10.7. The molecule has 1 aliphatic heterocycles. The Bertz CT molecular complexity index is 1180. The highest BCUT2D eigenvalue weighted by Gasteiger charge is 2.59. The molecular formula is C23H27NO11. The standard InChI is InChI=1S/C23H27NO11/c1-11(26)31-20-17(10-25)34-23(4,22(33-13(3)28)21(20)32-12(2)27)35-19-14-7-5-6-8-15(14)24-16(19)9-18(29)30/h5-8,17,20-22,24-25H,9-10H2,1-4H3,(H,29,30)/t17-,20-,21+,22-,23?/m1/s1/i/hD. The summed E-state index contributed by atoms with van der Waals surface area (Å²) in [6.45, 7) is 3.92. The first-order valence-electron chi connectivity index (χ1n) is 11.1. The van der Waals surface area contributed by atoms with Crippen LogP contribution in [0.5, 0.6) is 5.75 Å². The number of H-pyrrole nitrogens is 1. The molecule has 190 valence electrons. The molecule has 1 unspecified atom stereocenters. The summed E-state index contributed by atoms with van der Waals surface area (Å²) in [6, 6.07) is 6.50. The van der Waals surface area contributed by atoms with E-state index in [1.807, 2.05) is 0 Å². The summed E-state index contributed by atoms with van der Waals surface area (Å²) < 4.78 is 36.6. The van der Waals surface area contributed by atoms with E-state index in [0.29, 0.717) is 10.9 Å². The van der Waals surface area contributed by atoms with E-state index in [0.717, 1.165) is 25.7 Å². The normalized spacial score (nSPS) is 26.5. The predicted molar refractivity (Wildman–Crippen MR) is 117 cm³/mol. The van der Waals surface area contributed by atoms with Crippen LogP contribution in [0.25, 0.3) is 10.9 Å². The SMILES string of the molecule is [2H]n1c(CC(=O)O)c(OC2(C)O[C@H](CO)[C@@H](OC(C)=O)[C@H](OC(C)=O)[C@H]2OC(C)=O)c2ccccc21. The number of rotatable bonds is 8. The number of hydrogen-bond acceptors (Lipinski definition) is 10. The second-order valence-corrected chi connectivity index (χ2v) is 8.11. The quantitative estimate of drug-likeness (QED) is 0.354. The lowest BCUT2D eigenvalue weighted by molar-refractivity contribution is -0.333. The summed E-state index contributed by atoms with van der Waals surface area (Å²) in [5.74, 6) is -5.66. The van der Waals surface area contributed by atoms with Crippen LogP contribution in [0.3, 0.4) is 0 Å². The van der Waals surface area contributed by atoms with Crippen molar-refractivity contribution >= 4 is 34.8 Å². The van der Waals surface area contributed by atoms with Gasteiger partial charge < -0.3 is 38.9 Å². The molecule has 2 heterocycles. The van der Waals surface area contributed by atoms with Crippen LogP contribution in [0, 0.1) is 0 Å². The van der Waals surface area contributed by atoms with Crippen molar-refractivity contribution in [1.29, 1.82) is 0 Å². The smallest absolute Gasteiger partial charge is 0.309 e. The van der Waals surface area contributed by atoms with E-state index in [9.17, 15) is 29.4 Å². The number of ether oxygens (including phenoxy) is 5. The van der Waals surface area contributed by atoms with Crippen molar-refractivity contribution in [3.63, 3.8) is 0 Å². The molecule has 35 heavy (non-hydrogen) atoms. The van der Waals surface area contributed by atoms with Gasteiger partial charge in [0.25, 0.3) is 0 Å². The molecule has 3 N–H and O–H groups in total. The fourth-order valence-corrected chi connectivity index (χ4v) is 4.04. The minimum absolute atomic E-state index is 0.0400. The monoisotopic (exact) mass is 494 g/mol. The molecule has 12 nitrogen and oxygen atoms in total. The molecule has 0 aliphatic carbocycles. The van der Waals surface area contributed by atoms with Gasteiger partial charge in [0, 0.05) is 38.6 Å². The number of carbonyl (C=O) groups is 4. The van der Waals surface area contributed by atoms with Crippen molar-refractivity contribution < 1.29 is 54.5 Å². The summed E-state index contributed by atoms with van der Waals surface area (Å²) >= 11 is 0. The molecule has 2 aromatic rings. The molecular weight excluding hydrogens is 466 g/mol. The van der Waals surface area contributed by atoms with Gasteiger partial charge >= 0.3 is 23.9 Å². The highest BCUT2D eigenvalue weighted by Crippen LogP contribution is 2.40. The van der Waals surface area contributed by atoms with Crippen LogP contribution in [0.4, 0.5) is 0 Å². The van der Waals surface area contributed by atoms with Gasteiger partial charge in [0.05, 0.1) is 18.7 Å². The molecule has 0 bridgehead atoms. The number of nitrogens with one attached hydrogen (secondary N) is 1. The van der Waals surface area contributed by atoms with Crippen molar-refractivity contribution in [3.05, 3.63) is 30.0 Å². The van der Waals surface area contributed by atoms with E-state index in [1.54, 1.807) is 24.3 Å². The lowest BCUT2D eigenvalue weighted by Gasteiger charge is -2.49. The summed E-state index contributed by atoms with van der Waals surface area (Å²) in [7, 11) is 0. The fraction of sp³-hybridized carbons (Fsp3) is 0.478. The number of carboxylic acid groups (broad SMARTS) is 1. The van der Waals surface area contributed by atoms with Crippen LogP contribution in [-0.2, 0) is 44.5 Å². The zero-order valence-corrected chi connectivity index (χ0v) is 19.5. The second kappa shape index (κ2) is 10.3. The van der Waals surface area contributed by atoms with E-state index in [1.165, 1.54) is 6.92 Å². The molecule has 0 radical (unpaired) electrons. The maximum atomic E-state index is 12.0. The lowest BCUT2D eigenvalue weighted by Crippen LogP contribution is -2.68. The van der Waals surface area contributed by atoms with E-state index in [4.69, 9.17) is 25.1 Å². The maximum Gasteiger partial charge on any atom is 0.309 e. The van der Waals surface area contributed by atoms with Crippen LogP contribution in [0.15, 0.2) is 24.3 Å². The van der Waals surface area contributed by atoms with E-state index in [2.05, 4.69) is 0 Å². The van der Waals surface area contributed by atoms with Gasteiger partial charge in [0.15, 0.2) is 19.4 Å². The van der Waals surface area contributed by atoms with Crippen molar-refractivity contribution in [3.8, 4) is 5.75 Å². The molecule has 0 saturated carbocycles. The highest BCUT2D eigenvalue weighted by atomic mass is 16.7. The van der Waals surface area contributed by atoms with Gasteiger partial charge in [-0.1, -0.05) is 12.1 Å². The summed E-state index contributed by atoms with van der Waals surface area (Å²) in [5, 5.41) is 19.8. The highest BCUT2D eigenvalue weighted by molar-refractivity contribution is 5.89. The topological polar surface area (TPSA) is 171 Å². The predicted octanol–water partition coefficient (Wildman–Crippen LogP) is 1.08. The number of para-hydroxylation sites is 1. The molecule has 0 spiro atoms. The molecule has 1 fully saturated rings. The number of aromatic nitrogens is 1. The summed E-state index contributed by atoms with van der Waals surface area (Å²) in [5.41, 5.74) is 0.294. The average Bonchev–Trinajstić information content (AvgIpc) is 3.03. The van der Waals surface area contributed by atoms with Gasteiger partial charge in [-0.05, 0) is 12.1 Å². The van der Waals surface area contributed by atoms with E-state index in [-0.39, 0.29) is 11.4 Å². The van der Waals surface area contributed by atoms with Crippen molar-refractivity contribution in [2.24, 2.45) is 0 Å². The third-order valence-corrected chi connectivity index (χ3v) is 5.26. The van der Waals surface area contributed by atoms with Crippen LogP contribution < -0.4 is 4.74 Å². The average molecular weight is 494 g/mol. The number of carbonyl (C=O) groups excluding carboxylic acids is 3.